The van der Waals surface area contributed by atoms with Gasteiger partial charge in [-0.1, -0.05) is 27.7 Å². The van der Waals surface area contributed by atoms with Gasteiger partial charge in [0.25, 0.3) is 0 Å². The van der Waals surface area contributed by atoms with Crippen molar-refractivity contribution in [1.82, 2.24) is 4.98 Å². The first-order valence-corrected chi connectivity index (χ1v) is 8.91. The van der Waals surface area contributed by atoms with Gasteiger partial charge in [-0.15, -0.1) is 11.3 Å². The van der Waals surface area contributed by atoms with Crippen molar-refractivity contribution in [1.29, 1.82) is 0 Å². The van der Waals surface area contributed by atoms with Crippen LogP contribution in [0.4, 0.5) is 0 Å². The fourth-order valence-electron chi connectivity index (χ4n) is 2.22. The zero-order valence-corrected chi connectivity index (χ0v) is 14.4. The van der Waals surface area contributed by atoms with Crippen LogP contribution in [0.1, 0.15) is 26.5 Å². The number of thioether (sulfide) groups is 1. The van der Waals surface area contributed by atoms with Gasteiger partial charge in [0.15, 0.2) is 4.34 Å². The van der Waals surface area contributed by atoms with Crippen LogP contribution in [0.3, 0.4) is 0 Å². The number of ether oxygens (including phenoxy) is 1. The molecule has 110 valence electrons. The number of hydrogen-bond donors (Lipinski definition) is 1. The summed E-state index contributed by atoms with van der Waals surface area (Å²) in [7, 11) is 0. The number of benzene rings is 1. The van der Waals surface area contributed by atoms with E-state index in [1.54, 1.807) is 18.7 Å². The van der Waals surface area contributed by atoms with Gasteiger partial charge in [-0.3, -0.25) is 0 Å². The second-order valence-corrected chi connectivity index (χ2v) is 7.78. The number of fused-ring (bicyclic) bond motifs is 1. The van der Waals surface area contributed by atoms with Gasteiger partial charge in [-0.25, -0.2) is 9.78 Å². The van der Waals surface area contributed by atoms with E-state index in [2.05, 4.69) is 33.0 Å². The minimum atomic E-state index is -0.913. The van der Waals surface area contributed by atoms with Crippen LogP contribution in [0.2, 0.25) is 0 Å². The molecule has 0 fully saturated rings. The van der Waals surface area contributed by atoms with Crippen molar-refractivity contribution in [3.8, 4) is 5.75 Å². The SMILES string of the molecule is Cc1nc(SCc2cc(Br)cc3c2OCC3)sc1C(=O)O. The van der Waals surface area contributed by atoms with E-state index in [-0.39, 0.29) is 0 Å². The highest BCUT2D eigenvalue weighted by atomic mass is 79.9. The third-order valence-electron chi connectivity index (χ3n) is 3.15. The molecule has 0 saturated heterocycles. The highest BCUT2D eigenvalue weighted by Gasteiger charge is 2.19. The molecule has 21 heavy (non-hydrogen) atoms. The summed E-state index contributed by atoms with van der Waals surface area (Å²) in [6.07, 6.45) is 0.936. The third-order valence-corrected chi connectivity index (χ3v) is 5.94. The minimum Gasteiger partial charge on any atom is -0.493 e. The lowest BCUT2D eigenvalue weighted by atomic mass is 10.1. The highest BCUT2D eigenvalue weighted by Crippen LogP contribution is 2.37. The lowest BCUT2D eigenvalue weighted by Crippen LogP contribution is -1.94. The van der Waals surface area contributed by atoms with Crippen LogP contribution < -0.4 is 4.74 Å². The first-order valence-electron chi connectivity index (χ1n) is 6.32. The predicted octanol–water partition coefficient (Wildman–Crippen LogP) is 4.14. The fourth-order valence-corrected chi connectivity index (χ4v) is 4.77. The first kappa shape index (κ1) is 14.9. The molecule has 7 heteroatoms. The molecule has 2 heterocycles. The van der Waals surface area contributed by atoms with Gasteiger partial charge in [-0.2, -0.15) is 0 Å². The van der Waals surface area contributed by atoms with Crippen LogP contribution in [0.5, 0.6) is 5.75 Å². The molecular formula is C14H12BrNO3S2. The van der Waals surface area contributed by atoms with E-state index in [1.807, 2.05) is 0 Å². The molecule has 0 aliphatic carbocycles. The summed E-state index contributed by atoms with van der Waals surface area (Å²) >= 11 is 6.29. The summed E-state index contributed by atoms with van der Waals surface area (Å²) in [5.41, 5.74) is 2.92. The monoisotopic (exact) mass is 385 g/mol. The summed E-state index contributed by atoms with van der Waals surface area (Å²) in [6.45, 7) is 2.45. The fraction of sp³-hybridized carbons (Fsp3) is 0.286. The standard InChI is InChI=1S/C14H12BrNO3S2/c1-7-12(13(17)18)21-14(16-7)20-6-9-5-10(15)4-8-2-3-19-11(8)9/h4-5H,2-3,6H2,1H3,(H,17,18). The van der Waals surface area contributed by atoms with Gasteiger partial charge < -0.3 is 9.84 Å². The quantitative estimate of drug-likeness (QED) is 0.801. The molecule has 2 aromatic rings. The molecule has 4 nitrogen and oxygen atoms in total. The molecule has 0 saturated carbocycles. The van der Waals surface area contributed by atoms with Crippen molar-refractivity contribution in [2.75, 3.05) is 6.61 Å². The minimum absolute atomic E-state index is 0.313. The molecule has 1 N–H and O–H groups in total. The lowest BCUT2D eigenvalue weighted by Gasteiger charge is -2.07. The highest BCUT2D eigenvalue weighted by molar-refractivity contribution is 9.10. The van der Waals surface area contributed by atoms with Gasteiger partial charge in [0.05, 0.1) is 12.3 Å². The van der Waals surface area contributed by atoms with Crippen LogP contribution >= 0.6 is 39.0 Å². The topological polar surface area (TPSA) is 59.4 Å². The summed E-state index contributed by atoms with van der Waals surface area (Å²) in [5.74, 6) is 0.773. The Balaban J connectivity index is 1.79. The van der Waals surface area contributed by atoms with Gasteiger partial charge in [0.2, 0.25) is 0 Å². The first-order chi connectivity index (χ1) is 10.0. The van der Waals surface area contributed by atoms with Crippen LogP contribution in [0, 0.1) is 6.92 Å². The number of carbonyl (C=O) groups is 1. The molecule has 0 spiro atoms. The predicted molar refractivity (Wildman–Crippen MR) is 86.7 cm³/mol. The van der Waals surface area contributed by atoms with Crippen molar-refractivity contribution >= 4 is 45.0 Å². The van der Waals surface area contributed by atoms with E-state index in [4.69, 9.17) is 9.84 Å². The average molecular weight is 386 g/mol. The number of aromatic nitrogens is 1. The Bertz CT molecular complexity index is 714. The van der Waals surface area contributed by atoms with Crippen LogP contribution in [0.15, 0.2) is 20.9 Å². The van der Waals surface area contributed by atoms with Crippen molar-refractivity contribution < 1.29 is 14.6 Å². The van der Waals surface area contributed by atoms with Gasteiger partial charge in [0, 0.05) is 22.2 Å². The zero-order valence-electron chi connectivity index (χ0n) is 11.2. The Morgan fingerprint density at radius 2 is 2.38 bits per heavy atom. The number of hydrogen-bond acceptors (Lipinski definition) is 5. The number of carboxylic acid groups (broad SMARTS) is 1. The molecule has 0 atom stereocenters. The van der Waals surface area contributed by atoms with Gasteiger partial charge >= 0.3 is 5.97 Å². The van der Waals surface area contributed by atoms with Gasteiger partial charge in [0.1, 0.15) is 10.6 Å². The van der Waals surface area contributed by atoms with E-state index >= 15 is 0 Å². The van der Waals surface area contributed by atoms with Crippen molar-refractivity contribution in [3.05, 3.63) is 38.3 Å². The molecule has 0 bridgehead atoms. The van der Waals surface area contributed by atoms with E-state index in [1.165, 1.54) is 16.9 Å². The Labute approximate surface area is 138 Å². The molecule has 1 aliphatic heterocycles. The molecule has 3 rings (SSSR count). The Kier molecular flexibility index (Phi) is 4.24. The Morgan fingerprint density at radius 1 is 1.57 bits per heavy atom. The van der Waals surface area contributed by atoms with E-state index in [0.717, 1.165) is 33.2 Å². The van der Waals surface area contributed by atoms with Crippen LogP contribution in [-0.2, 0) is 12.2 Å². The lowest BCUT2D eigenvalue weighted by molar-refractivity contribution is 0.0701. The van der Waals surface area contributed by atoms with E-state index in [0.29, 0.717) is 16.3 Å². The largest absolute Gasteiger partial charge is 0.493 e. The molecule has 1 aliphatic rings. The molecule has 0 radical (unpaired) electrons. The Hall–Kier alpha value is -1.05. The van der Waals surface area contributed by atoms with E-state index in [9.17, 15) is 4.79 Å². The van der Waals surface area contributed by atoms with Crippen molar-refractivity contribution in [3.63, 3.8) is 0 Å². The maximum atomic E-state index is 11.0. The number of nitrogens with zero attached hydrogens (tertiary/aromatic N) is 1. The second kappa shape index (κ2) is 5.98. The number of thiazole rings is 1. The molecule has 0 amide bonds. The summed E-state index contributed by atoms with van der Waals surface area (Å²) in [4.78, 5) is 15.7. The smallest absolute Gasteiger partial charge is 0.347 e. The Morgan fingerprint density at radius 3 is 3.10 bits per heavy atom. The van der Waals surface area contributed by atoms with Crippen molar-refractivity contribution in [2.24, 2.45) is 0 Å². The van der Waals surface area contributed by atoms with Gasteiger partial charge in [-0.05, 0) is 24.6 Å². The molecule has 1 aromatic carbocycles. The maximum absolute atomic E-state index is 11.0. The van der Waals surface area contributed by atoms with Crippen molar-refractivity contribution in [2.45, 2.75) is 23.4 Å². The zero-order chi connectivity index (χ0) is 15.0. The number of carboxylic acids is 1. The molecule has 0 unspecified atom stereocenters. The van der Waals surface area contributed by atoms with Crippen LogP contribution in [-0.4, -0.2) is 22.7 Å². The number of halogens is 1. The second-order valence-electron chi connectivity index (χ2n) is 4.64. The summed E-state index contributed by atoms with van der Waals surface area (Å²) in [5, 5.41) is 9.06. The average Bonchev–Trinajstić information content (AvgIpc) is 3.02. The number of aromatic carboxylic acids is 1. The van der Waals surface area contributed by atoms with Crippen LogP contribution in [0.25, 0.3) is 0 Å². The number of aryl methyl sites for hydroxylation is 1. The summed E-state index contributed by atoms with van der Waals surface area (Å²) in [6, 6.07) is 4.14. The third kappa shape index (κ3) is 3.09. The summed E-state index contributed by atoms with van der Waals surface area (Å²) < 4.78 is 7.51. The normalized spacial score (nSPS) is 13.0. The van der Waals surface area contributed by atoms with E-state index < -0.39 is 5.97 Å². The molecular weight excluding hydrogens is 374 g/mol. The molecule has 1 aromatic heterocycles. The number of rotatable bonds is 4. The maximum Gasteiger partial charge on any atom is 0.347 e.